The second-order valence-corrected chi connectivity index (χ2v) is 5.27. The van der Waals surface area contributed by atoms with E-state index in [2.05, 4.69) is 20.6 Å². The molecule has 0 fully saturated rings. The highest BCUT2D eigenvalue weighted by atomic mass is 32.2. The fourth-order valence-electron chi connectivity index (χ4n) is 1.83. The zero-order valence-corrected chi connectivity index (χ0v) is 13.3. The van der Waals surface area contributed by atoms with Gasteiger partial charge in [-0.15, -0.1) is 0 Å². The molecule has 0 spiro atoms. The third-order valence-corrected chi connectivity index (χ3v) is 3.41. The molecular weight excluding hydrogens is 300 g/mol. The van der Waals surface area contributed by atoms with E-state index in [4.69, 9.17) is 0 Å². The third-order valence-electron chi connectivity index (χ3n) is 2.86. The summed E-state index contributed by atoms with van der Waals surface area (Å²) in [4.78, 5) is 32.3. The first-order valence-corrected chi connectivity index (χ1v) is 7.79. The molecule has 2 aromatic rings. The summed E-state index contributed by atoms with van der Waals surface area (Å²) in [5, 5.41) is 5.82. The molecule has 0 aliphatic heterocycles. The van der Waals surface area contributed by atoms with Crippen molar-refractivity contribution in [2.24, 2.45) is 0 Å². The Kier molecular flexibility index (Phi) is 5.11. The molecule has 0 aliphatic carbocycles. The number of aryl methyl sites for hydroxylation is 1. The van der Waals surface area contributed by atoms with Gasteiger partial charge in [-0.1, -0.05) is 17.8 Å². The van der Waals surface area contributed by atoms with Gasteiger partial charge >= 0.3 is 0 Å². The van der Waals surface area contributed by atoms with Crippen LogP contribution in [0.2, 0.25) is 0 Å². The van der Waals surface area contributed by atoms with Gasteiger partial charge < -0.3 is 10.6 Å². The van der Waals surface area contributed by atoms with E-state index >= 15 is 0 Å². The molecule has 2 amide bonds. The quantitative estimate of drug-likeness (QED) is 0.667. The third kappa shape index (κ3) is 3.82. The van der Waals surface area contributed by atoms with E-state index < -0.39 is 0 Å². The normalized spacial score (nSPS) is 10.1. The van der Waals surface area contributed by atoms with Crippen LogP contribution < -0.4 is 10.6 Å². The molecule has 2 rings (SSSR count). The number of anilines is 1. The number of hydrogen-bond donors (Lipinski definition) is 2. The first kappa shape index (κ1) is 16.0. The topological polar surface area (TPSA) is 84.0 Å². The number of carbonyl (C=O) groups is 2. The van der Waals surface area contributed by atoms with Crippen molar-refractivity contribution in [1.82, 2.24) is 15.3 Å². The highest BCUT2D eigenvalue weighted by molar-refractivity contribution is 7.98. The lowest BCUT2D eigenvalue weighted by molar-refractivity contribution is 0.0961. The highest BCUT2D eigenvalue weighted by Gasteiger charge is 2.12. The summed E-state index contributed by atoms with van der Waals surface area (Å²) >= 11 is 1.38. The molecule has 114 valence electrons. The lowest BCUT2D eigenvalue weighted by atomic mass is 10.2. The van der Waals surface area contributed by atoms with E-state index in [1.807, 2.05) is 13.2 Å². The van der Waals surface area contributed by atoms with Gasteiger partial charge in [-0.2, -0.15) is 0 Å². The fraction of sp³-hybridized carbons (Fsp3) is 0.200. The number of carbonyl (C=O) groups excluding carboxylic acids is 2. The summed E-state index contributed by atoms with van der Waals surface area (Å²) in [7, 11) is 1.56. The van der Waals surface area contributed by atoms with Crippen molar-refractivity contribution in [3.8, 4) is 0 Å². The number of benzene rings is 1. The van der Waals surface area contributed by atoms with E-state index in [1.54, 1.807) is 37.4 Å². The Balaban J connectivity index is 2.22. The van der Waals surface area contributed by atoms with E-state index in [-0.39, 0.29) is 11.8 Å². The van der Waals surface area contributed by atoms with Gasteiger partial charge in [0.2, 0.25) is 0 Å². The number of nitrogens with one attached hydrogen (secondary N) is 2. The number of nitrogens with zero attached hydrogens (tertiary/aromatic N) is 2. The van der Waals surface area contributed by atoms with Crippen LogP contribution >= 0.6 is 11.8 Å². The monoisotopic (exact) mass is 316 g/mol. The van der Waals surface area contributed by atoms with Crippen LogP contribution in [0.4, 0.5) is 5.69 Å². The summed E-state index contributed by atoms with van der Waals surface area (Å²) in [5.74, 6) is -0.548. The van der Waals surface area contributed by atoms with Gasteiger partial charge in [0.25, 0.3) is 11.8 Å². The standard InChI is InChI=1S/C15H16N4O2S/c1-9-7-12(19-15(17-9)22-3)14(21)18-11-6-4-5-10(8-11)13(20)16-2/h4-8H,1-3H3,(H,16,20)(H,18,21). The zero-order valence-electron chi connectivity index (χ0n) is 12.5. The Morgan fingerprint density at radius 1 is 1.14 bits per heavy atom. The average Bonchev–Trinajstić information content (AvgIpc) is 2.53. The molecule has 1 aromatic carbocycles. The van der Waals surface area contributed by atoms with Crippen LogP contribution in [0.5, 0.6) is 0 Å². The van der Waals surface area contributed by atoms with Crippen molar-refractivity contribution in [3.63, 3.8) is 0 Å². The lowest BCUT2D eigenvalue weighted by Gasteiger charge is -2.08. The van der Waals surface area contributed by atoms with Gasteiger partial charge in [-0.05, 0) is 37.4 Å². The average molecular weight is 316 g/mol. The molecule has 0 radical (unpaired) electrons. The molecule has 6 nitrogen and oxygen atoms in total. The van der Waals surface area contributed by atoms with E-state index in [0.717, 1.165) is 5.69 Å². The Morgan fingerprint density at radius 2 is 1.91 bits per heavy atom. The summed E-state index contributed by atoms with van der Waals surface area (Å²) in [6, 6.07) is 8.33. The van der Waals surface area contributed by atoms with Gasteiger partial charge in [-0.25, -0.2) is 9.97 Å². The molecule has 2 N–H and O–H groups in total. The Bertz CT molecular complexity index is 718. The molecule has 7 heteroatoms. The largest absolute Gasteiger partial charge is 0.355 e. The number of rotatable bonds is 4. The van der Waals surface area contributed by atoms with E-state index in [1.165, 1.54) is 11.8 Å². The van der Waals surface area contributed by atoms with Crippen molar-refractivity contribution >= 4 is 29.3 Å². The molecule has 0 saturated heterocycles. The maximum Gasteiger partial charge on any atom is 0.274 e. The number of hydrogen-bond acceptors (Lipinski definition) is 5. The van der Waals surface area contributed by atoms with Crippen LogP contribution in [-0.2, 0) is 0 Å². The van der Waals surface area contributed by atoms with Crippen molar-refractivity contribution in [1.29, 1.82) is 0 Å². The van der Waals surface area contributed by atoms with Crippen molar-refractivity contribution in [2.75, 3.05) is 18.6 Å². The second kappa shape index (κ2) is 7.04. The SMILES string of the molecule is CNC(=O)c1cccc(NC(=O)c2cc(C)nc(SC)n2)c1. The molecular formula is C15H16N4O2S. The molecule has 22 heavy (non-hydrogen) atoms. The zero-order chi connectivity index (χ0) is 16.1. The molecule has 0 aliphatic rings. The van der Waals surface area contributed by atoms with Crippen LogP contribution in [0.3, 0.4) is 0 Å². The molecule has 0 bridgehead atoms. The van der Waals surface area contributed by atoms with E-state index in [9.17, 15) is 9.59 Å². The van der Waals surface area contributed by atoms with Crippen molar-refractivity contribution < 1.29 is 9.59 Å². The van der Waals surface area contributed by atoms with Gasteiger partial charge in [0.15, 0.2) is 5.16 Å². The smallest absolute Gasteiger partial charge is 0.274 e. The first-order chi connectivity index (χ1) is 10.5. The van der Waals surface area contributed by atoms with Gasteiger partial charge in [0, 0.05) is 24.0 Å². The fourth-order valence-corrected chi connectivity index (χ4v) is 2.25. The van der Waals surface area contributed by atoms with Crippen LogP contribution in [0.25, 0.3) is 0 Å². The summed E-state index contributed by atoms with van der Waals surface area (Å²) in [6.07, 6.45) is 1.85. The summed E-state index contributed by atoms with van der Waals surface area (Å²) in [5.41, 5.74) is 2.03. The van der Waals surface area contributed by atoms with Crippen LogP contribution in [-0.4, -0.2) is 35.1 Å². The number of thioether (sulfide) groups is 1. The van der Waals surface area contributed by atoms with Crippen LogP contribution in [0.15, 0.2) is 35.5 Å². The summed E-state index contributed by atoms with van der Waals surface area (Å²) in [6.45, 7) is 1.81. The minimum absolute atomic E-state index is 0.210. The predicted octanol–water partition coefficient (Wildman–Crippen LogP) is 2.12. The molecule has 0 saturated carbocycles. The van der Waals surface area contributed by atoms with Crippen molar-refractivity contribution in [3.05, 3.63) is 47.3 Å². The van der Waals surface area contributed by atoms with Crippen molar-refractivity contribution in [2.45, 2.75) is 12.1 Å². The van der Waals surface area contributed by atoms with Gasteiger partial charge in [-0.3, -0.25) is 9.59 Å². The Hall–Kier alpha value is -2.41. The molecule has 1 aromatic heterocycles. The summed E-state index contributed by atoms with van der Waals surface area (Å²) < 4.78 is 0. The van der Waals surface area contributed by atoms with E-state index in [0.29, 0.717) is 22.1 Å². The minimum atomic E-state index is -0.338. The predicted molar refractivity (Wildman–Crippen MR) is 86.3 cm³/mol. The minimum Gasteiger partial charge on any atom is -0.355 e. The molecule has 0 atom stereocenters. The number of amides is 2. The maximum atomic E-state index is 12.3. The second-order valence-electron chi connectivity index (χ2n) is 4.50. The maximum absolute atomic E-state index is 12.3. The Morgan fingerprint density at radius 3 is 2.59 bits per heavy atom. The lowest BCUT2D eigenvalue weighted by Crippen LogP contribution is -2.19. The molecule has 1 heterocycles. The van der Waals surface area contributed by atoms with Crippen LogP contribution in [0, 0.1) is 6.92 Å². The highest BCUT2D eigenvalue weighted by Crippen LogP contribution is 2.14. The van der Waals surface area contributed by atoms with Gasteiger partial charge in [0.05, 0.1) is 0 Å². The Labute approximate surface area is 132 Å². The molecule has 0 unspecified atom stereocenters. The first-order valence-electron chi connectivity index (χ1n) is 6.56. The van der Waals surface area contributed by atoms with Crippen LogP contribution in [0.1, 0.15) is 26.5 Å². The van der Waals surface area contributed by atoms with Gasteiger partial charge in [0.1, 0.15) is 5.69 Å². The number of aromatic nitrogens is 2.